The Bertz CT molecular complexity index is 517. The van der Waals surface area contributed by atoms with E-state index in [1.165, 1.54) is 13.1 Å². The van der Waals surface area contributed by atoms with E-state index in [-0.39, 0.29) is 0 Å². The molecule has 0 aromatic heterocycles. The summed E-state index contributed by atoms with van der Waals surface area (Å²) in [6.45, 7) is 6.63. The van der Waals surface area contributed by atoms with E-state index in [9.17, 15) is 9.59 Å². The largest absolute Gasteiger partial charge is 0.480 e. The third kappa shape index (κ3) is 5.69. The van der Waals surface area contributed by atoms with Crippen LogP contribution in [0.4, 0.5) is 4.79 Å². The van der Waals surface area contributed by atoms with Crippen LogP contribution in [0.5, 0.6) is 0 Å². The van der Waals surface area contributed by atoms with Crippen molar-refractivity contribution >= 4 is 18.1 Å². The van der Waals surface area contributed by atoms with Crippen LogP contribution in [-0.4, -0.2) is 33.7 Å². The molecule has 0 aliphatic carbocycles. The molecule has 0 bridgehead atoms. The van der Waals surface area contributed by atoms with Crippen molar-refractivity contribution in [1.29, 1.82) is 0 Å². The van der Waals surface area contributed by atoms with Gasteiger partial charge in [0.05, 0.1) is 0 Å². The summed E-state index contributed by atoms with van der Waals surface area (Å²) in [5.41, 5.74) is 0.178. The van der Waals surface area contributed by atoms with Crippen molar-refractivity contribution < 1.29 is 19.4 Å². The number of ether oxygens (including phenoxy) is 1. The molecule has 0 spiro atoms. The van der Waals surface area contributed by atoms with Gasteiger partial charge >= 0.3 is 12.1 Å². The standard InChI is InChI=1S/C16H21NO4/c1-12(14(18)19)17(15(20)21-16(2,3)4)11-10-13-8-6-5-7-9-13/h5-12H,1-4H3,(H,18,19)/b11-10+/t12-/m0/s1. The van der Waals surface area contributed by atoms with Gasteiger partial charge < -0.3 is 9.84 Å². The lowest BCUT2D eigenvalue weighted by atomic mass is 10.2. The van der Waals surface area contributed by atoms with Gasteiger partial charge in [-0.2, -0.15) is 0 Å². The minimum Gasteiger partial charge on any atom is -0.480 e. The van der Waals surface area contributed by atoms with Crippen LogP contribution in [-0.2, 0) is 9.53 Å². The van der Waals surface area contributed by atoms with Crippen molar-refractivity contribution in [2.75, 3.05) is 0 Å². The Kier molecular flexibility index (Phi) is 5.52. The number of benzene rings is 1. The molecule has 0 unspecified atom stereocenters. The van der Waals surface area contributed by atoms with Crippen molar-refractivity contribution in [1.82, 2.24) is 4.90 Å². The molecule has 1 N–H and O–H groups in total. The van der Waals surface area contributed by atoms with Gasteiger partial charge in [0.25, 0.3) is 0 Å². The number of hydrogen-bond donors (Lipinski definition) is 1. The van der Waals surface area contributed by atoms with Crippen LogP contribution >= 0.6 is 0 Å². The van der Waals surface area contributed by atoms with Gasteiger partial charge in [-0.25, -0.2) is 9.59 Å². The Balaban J connectivity index is 2.95. The number of rotatable bonds is 4. The number of hydrogen-bond acceptors (Lipinski definition) is 3. The molecule has 1 aromatic rings. The molecule has 0 aliphatic heterocycles. The Morgan fingerprint density at radius 2 is 1.81 bits per heavy atom. The lowest BCUT2D eigenvalue weighted by Crippen LogP contribution is -2.42. The summed E-state index contributed by atoms with van der Waals surface area (Å²) in [5, 5.41) is 9.11. The molecule has 1 rings (SSSR count). The van der Waals surface area contributed by atoms with Gasteiger partial charge in [-0.3, -0.25) is 4.90 Å². The third-order valence-electron chi connectivity index (χ3n) is 2.61. The minimum absolute atomic E-state index is 0.686. The van der Waals surface area contributed by atoms with Gasteiger partial charge in [-0.1, -0.05) is 30.3 Å². The van der Waals surface area contributed by atoms with Gasteiger partial charge in [-0.05, 0) is 39.3 Å². The molecule has 114 valence electrons. The summed E-state index contributed by atoms with van der Waals surface area (Å²) in [5.74, 6) is -1.10. The first kappa shape index (κ1) is 16.8. The first-order valence-electron chi connectivity index (χ1n) is 6.68. The van der Waals surface area contributed by atoms with E-state index in [4.69, 9.17) is 9.84 Å². The maximum atomic E-state index is 12.1. The zero-order valence-electron chi connectivity index (χ0n) is 12.7. The molecule has 1 aromatic carbocycles. The number of carboxylic acid groups (broad SMARTS) is 1. The number of carbonyl (C=O) groups is 2. The normalized spacial score (nSPS) is 13.0. The van der Waals surface area contributed by atoms with Crippen molar-refractivity contribution in [2.24, 2.45) is 0 Å². The molecule has 0 aliphatic rings. The van der Waals surface area contributed by atoms with Crippen LogP contribution in [0.25, 0.3) is 6.08 Å². The monoisotopic (exact) mass is 291 g/mol. The number of carbonyl (C=O) groups excluding carboxylic acids is 1. The van der Waals surface area contributed by atoms with E-state index >= 15 is 0 Å². The zero-order valence-corrected chi connectivity index (χ0v) is 12.7. The second kappa shape index (κ2) is 6.92. The van der Waals surface area contributed by atoms with Gasteiger partial charge in [0.15, 0.2) is 0 Å². The molecule has 5 heteroatoms. The number of aliphatic carboxylic acids is 1. The fourth-order valence-electron chi connectivity index (χ4n) is 1.51. The van der Waals surface area contributed by atoms with E-state index in [2.05, 4.69) is 0 Å². The highest BCUT2D eigenvalue weighted by Crippen LogP contribution is 2.14. The molecule has 0 fully saturated rings. The summed E-state index contributed by atoms with van der Waals surface area (Å²) in [6, 6.07) is 8.29. The molecule has 21 heavy (non-hydrogen) atoms. The van der Waals surface area contributed by atoms with Gasteiger partial charge in [0, 0.05) is 6.20 Å². The number of carboxylic acids is 1. The molecular weight excluding hydrogens is 270 g/mol. The van der Waals surface area contributed by atoms with E-state index < -0.39 is 23.7 Å². The van der Waals surface area contributed by atoms with Crippen LogP contribution in [0, 0.1) is 0 Å². The smallest absolute Gasteiger partial charge is 0.415 e. The van der Waals surface area contributed by atoms with Crippen LogP contribution in [0.15, 0.2) is 36.5 Å². The summed E-state index contributed by atoms with van der Waals surface area (Å²) in [4.78, 5) is 24.3. The topological polar surface area (TPSA) is 66.8 Å². The van der Waals surface area contributed by atoms with E-state index in [1.807, 2.05) is 30.3 Å². The Morgan fingerprint density at radius 1 is 1.24 bits per heavy atom. The molecule has 1 atom stereocenters. The maximum Gasteiger partial charge on any atom is 0.415 e. The molecular formula is C16H21NO4. The van der Waals surface area contributed by atoms with E-state index in [1.54, 1.807) is 26.8 Å². The summed E-state index contributed by atoms with van der Waals surface area (Å²) < 4.78 is 5.23. The quantitative estimate of drug-likeness (QED) is 0.923. The van der Waals surface area contributed by atoms with Gasteiger partial charge in [0.2, 0.25) is 0 Å². The van der Waals surface area contributed by atoms with Crippen molar-refractivity contribution in [3.05, 3.63) is 42.1 Å². The fraction of sp³-hybridized carbons (Fsp3) is 0.375. The van der Waals surface area contributed by atoms with Crippen molar-refractivity contribution in [3.8, 4) is 0 Å². The first-order valence-corrected chi connectivity index (χ1v) is 6.68. The number of amides is 1. The Morgan fingerprint density at radius 3 is 2.29 bits per heavy atom. The van der Waals surface area contributed by atoms with Gasteiger partial charge in [0.1, 0.15) is 11.6 Å². The lowest BCUT2D eigenvalue weighted by molar-refractivity contribution is -0.141. The Labute approximate surface area is 124 Å². The first-order chi connectivity index (χ1) is 9.70. The maximum absolute atomic E-state index is 12.1. The summed E-state index contributed by atoms with van der Waals surface area (Å²) >= 11 is 0. The van der Waals surface area contributed by atoms with E-state index in [0.717, 1.165) is 10.5 Å². The predicted octanol–water partition coefficient (Wildman–Crippen LogP) is 3.37. The molecule has 1 amide bonds. The molecule has 0 radical (unpaired) electrons. The zero-order chi connectivity index (χ0) is 16.0. The highest BCUT2D eigenvalue weighted by molar-refractivity contribution is 5.81. The predicted molar refractivity (Wildman–Crippen MR) is 80.6 cm³/mol. The summed E-state index contributed by atoms with van der Waals surface area (Å²) in [6.07, 6.45) is 2.41. The Hall–Kier alpha value is -2.30. The lowest BCUT2D eigenvalue weighted by Gasteiger charge is -2.27. The average molecular weight is 291 g/mol. The molecule has 0 saturated heterocycles. The number of nitrogens with zero attached hydrogens (tertiary/aromatic N) is 1. The second-order valence-electron chi connectivity index (χ2n) is 5.63. The van der Waals surface area contributed by atoms with Crippen molar-refractivity contribution in [3.63, 3.8) is 0 Å². The molecule has 5 nitrogen and oxygen atoms in total. The van der Waals surface area contributed by atoms with Crippen molar-refractivity contribution in [2.45, 2.75) is 39.3 Å². The highest BCUT2D eigenvalue weighted by Gasteiger charge is 2.28. The summed E-state index contributed by atoms with van der Waals surface area (Å²) in [7, 11) is 0. The fourth-order valence-corrected chi connectivity index (χ4v) is 1.51. The van der Waals surface area contributed by atoms with Crippen LogP contribution in [0.1, 0.15) is 33.3 Å². The third-order valence-corrected chi connectivity index (χ3v) is 2.61. The minimum atomic E-state index is -1.10. The molecule has 0 saturated carbocycles. The van der Waals surface area contributed by atoms with Gasteiger partial charge in [-0.15, -0.1) is 0 Å². The molecule has 0 heterocycles. The van der Waals surface area contributed by atoms with Crippen LogP contribution in [0.2, 0.25) is 0 Å². The SMILES string of the molecule is C[C@@H](C(=O)O)N(/C=C/c1ccccc1)C(=O)OC(C)(C)C. The average Bonchev–Trinajstić information content (AvgIpc) is 2.37. The second-order valence-corrected chi connectivity index (χ2v) is 5.63. The highest BCUT2D eigenvalue weighted by atomic mass is 16.6. The van der Waals surface area contributed by atoms with Crippen LogP contribution in [0.3, 0.4) is 0 Å². The van der Waals surface area contributed by atoms with E-state index in [0.29, 0.717) is 0 Å². The van der Waals surface area contributed by atoms with Crippen LogP contribution < -0.4 is 0 Å².